The number of carbonyl (C=O) groups excluding carboxylic acids is 2. The maximum atomic E-state index is 12.9. The molecule has 2 amide bonds. The Balaban J connectivity index is 1.96. The third kappa shape index (κ3) is 7.32. The first kappa shape index (κ1) is 22.5. The molecular weight excluding hydrogens is 436 g/mol. The van der Waals surface area contributed by atoms with E-state index in [0.717, 1.165) is 21.5 Å². The van der Waals surface area contributed by atoms with Crippen molar-refractivity contribution in [2.24, 2.45) is 0 Å². The van der Waals surface area contributed by atoms with E-state index in [1.807, 2.05) is 49.4 Å². The minimum atomic E-state index is -0.504. The molecule has 0 fully saturated rings. The van der Waals surface area contributed by atoms with Crippen molar-refractivity contribution in [2.75, 3.05) is 12.3 Å². The zero-order chi connectivity index (χ0) is 20.4. The second kappa shape index (κ2) is 11.9. The molecule has 150 valence electrons. The van der Waals surface area contributed by atoms with Gasteiger partial charge in [-0.15, -0.1) is 0 Å². The van der Waals surface area contributed by atoms with E-state index in [-0.39, 0.29) is 11.8 Å². The lowest BCUT2D eigenvalue weighted by Gasteiger charge is -2.28. The first-order valence-corrected chi connectivity index (χ1v) is 11.4. The molecule has 1 N–H and O–H groups in total. The van der Waals surface area contributed by atoms with Crippen LogP contribution in [0.3, 0.4) is 0 Å². The number of thioether (sulfide) groups is 1. The van der Waals surface area contributed by atoms with Crippen molar-refractivity contribution in [1.29, 1.82) is 0 Å². The Morgan fingerprint density at radius 1 is 1.07 bits per heavy atom. The zero-order valence-corrected chi connectivity index (χ0v) is 18.8. The van der Waals surface area contributed by atoms with Crippen LogP contribution < -0.4 is 5.32 Å². The quantitative estimate of drug-likeness (QED) is 0.523. The Hall–Kier alpha value is -1.79. The summed E-state index contributed by atoms with van der Waals surface area (Å²) in [4.78, 5) is 26.9. The Morgan fingerprint density at radius 3 is 2.39 bits per heavy atom. The number of nitrogens with one attached hydrogen (secondary N) is 1. The predicted octanol–water partition coefficient (Wildman–Crippen LogP) is 4.63. The van der Waals surface area contributed by atoms with E-state index in [1.165, 1.54) is 5.56 Å². The lowest BCUT2D eigenvalue weighted by atomic mass is 10.1. The van der Waals surface area contributed by atoms with Crippen molar-refractivity contribution in [3.8, 4) is 0 Å². The van der Waals surface area contributed by atoms with Gasteiger partial charge in [-0.05, 0) is 37.1 Å². The summed E-state index contributed by atoms with van der Waals surface area (Å²) in [5, 5.41) is 2.82. The number of likely N-dealkylation sites (N-methyl/N-ethyl adjacent to an activating group) is 1. The first-order chi connectivity index (χ1) is 13.5. The van der Waals surface area contributed by atoms with E-state index in [4.69, 9.17) is 0 Å². The molecule has 0 saturated heterocycles. The van der Waals surface area contributed by atoms with E-state index in [0.29, 0.717) is 19.5 Å². The number of nitrogens with zero attached hydrogens (tertiary/aromatic N) is 1. The van der Waals surface area contributed by atoms with Crippen LogP contribution in [0.15, 0.2) is 59.1 Å². The lowest BCUT2D eigenvalue weighted by Crippen LogP contribution is -2.47. The molecule has 6 heteroatoms. The molecule has 2 aromatic rings. The number of hydrogen-bond donors (Lipinski definition) is 1. The van der Waals surface area contributed by atoms with Crippen molar-refractivity contribution >= 4 is 39.5 Å². The fourth-order valence-electron chi connectivity index (χ4n) is 2.76. The van der Waals surface area contributed by atoms with Crippen molar-refractivity contribution < 1.29 is 9.59 Å². The molecule has 0 spiro atoms. The van der Waals surface area contributed by atoms with Gasteiger partial charge in [0.1, 0.15) is 6.04 Å². The van der Waals surface area contributed by atoms with Crippen molar-refractivity contribution in [1.82, 2.24) is 10.2 Å². The molecule has 1 atom stereocenters. The monoisotopic (exact) mass is 462 g/mol. The van der Waals surface area contributed by atoms with Crippen molar-refractivity contribution in [2.45, 2.75) is 38.6 Å². The van der Waals surface area contributed by atoms with Crippen LogP contribution in [0.4, 0.5) is 0 Å². The van der Waals surface area contributed by atoms with Gasteiger partial charge in [0.2, 0.25) is 11.8 Å². The third-order valence-corrected chi connectivity index (χ3v) is 5.92. The maximum absolute atomic E-state index is 12.9. The highest BCUT2D eigenvalue weighted by atomic mass is 79.9. The largest absolute Gasteiger partial charge is 0.355 e. The maximum Gasteiger partial charge on any atom is 0.242 e. The summed E-state index contributed by atoms with van der Waals surface area (Å²) in [7, 11) is 0. The number of benzene rings is 2. The van der Waals surface area contributed by atoms with Crippen molar-refractivity contribution in [3.05, 3.63) is 70.2 Å². The standard InChI is InChI=1S/C22H27BrN2O2S/c1-3-24-22(27)17(2)25(15-18-9-11-20(23)12-10-18)21(26)13-14-28-16-19-7-5-4-6-8-19/h4-12,17H,3,13-16H2,1-2H3,(H,24,27)/t17-/m1/s1. The minimum Gasteiger partial charge on any atom is -0.355 e. The fraction of sp³-hybridized carbons (Fsp3) is 0.364. The topological polar surface area (TPSA) is 49.4 Å². The molecule has 0 radical (unpaired) electrons. The molecule has 0 aliphatic heterocycles. The van der Waals surface area contributed by atoms with Crippen molar-refractivity contribution in [3.63, 3.8) is 0 Å². The summed E-state index contributed by atoms with van der Waals surface area (Å²) in [5.41, 5.74) is 2.26. The molecule has 0 bridgehead atoms. The zero-order valence-electron chi connectivity index (χ0n) is 16.4. The van der Waals surface area contributed by atoms with Crippen LogP contribution in [-0.2, 0) is 21.9 Å². The van der Waals surface area contributed by atoms with Gasteiger partial charge in [-0.3, -0.25) is 9.59 Å². The molecule has 0 aromatic heterocycles. The molecule has 0 aliphatic rings. The van der Waals surface area contributed by atoms with E-state index in [2.05, 4.69) is 33.4 Å². The molecule has 0 aliphatic carbocycles. The first-order valence-electron chi connectivity index (χ1n) is 9.44. The Morgan fingerprint density at radius 2 is 1.75 bits per heavy atom. The number of amides is 2. The Bertz CT molecular complexity index is 753. The molecular formula is C22H27BrN2O2S. The summed E-state index contributed by atoms with van der Waals surface area (Å²) in [6.07, 6.45) is 0.414. The highest BCUT2D eigenvalue weighted by molar-refractivity contribution is 9.10. The fourth-order valence-corrected chi connectivity index (χ4v) is 3.91. The summed E-state index contributed by atoms with van der Waals surface area (Å²) in [6, 6.07) is 17.6. The van der Waals surface area contributed by atoms with Crippen LogP contribution in [0, 0.1) is 0 Å². The molecule has 2 aromatic carbocycles. The highest BCUT2D eigenvalue weighted by Gasteiger charge is 2.25. The van der Waals surface area contributed by atoms with Crippen LogP contribution in [-0.4, -0.2) is 35.1 Å². The van der Waals surface area contributed by atoms with Crippen LogP contribution in [0.5, 0.6) is 0 Å². The van der Waals surface area contributed by atoms with Crippen LogP contribution in [0.25, 0.3) is 0 Å². The minimum absolute atomic E-state index is 0.00207. The van der Waals surface area contributed by atoms with E-state index >= 15 is 0 Å². The average molecular weight is 463 g/mol. The van der Waals surface area contributed by atoms with Gasteiger partial charge < -0.3 is 10.2 Å². The normalized spacial score (nSPS) is 11.7. The number of rotatable bonds is 10. The smallest absolute Gasteiger partial charge is 0.242 e. The van der Waals surface area contributed by atoms with E-state index in [9.17, 15) is 9.59 Å². The number of hydrogen-bond acceptors (Lipinski definition) is 3. The van der Waals surface area contributed by atoms with Gasteiger partial charge in [0, 0.05) is 35.5 Å². The van der Waals surface area contributed by atoms with Gasteiger partial charge in [0.05, 0.1) is 0 Å². The highest BCUT2D eigenvalue weighted by Crippen LogP contribution is 2.17. The second-order valence-electron chi connectivity index (χ2n) is 6.51. The summed E-state index contributed by atoms with van der Waals surface area (Å²) in [5.74, 6) is 1.49. The van der Waals surface area contributed by atoms with Gasteiger partial charge in [-0.25, -0.2) is 0 Å². The third-order valence-electron chi connectivity index (χ3n) is 4.36. The van der Waals surface area contributed by atoms with Crippen LogP contribution >= 0.6 is 27.7 Å². The van der Waals surface area contributed by atoms with Gasteiger partial charge in [0.25, 0.3) is 0 Å². The summed E-state index contributed by atoms with van der Waals surface area (Å²) in [6.45, 7) is 4.65. The van der Waals surface area contributed by atoms with Gasteiger partial charge in [0.15, 0.2) is 0 Å². The summed E-state index contributed by atoms with van der Waals surface area (Å²) >= 11 is 5.16. The average Bonchev–Trinajstić information content (AvgIpc) is 2.71. The SMILES string of the molecule is CCNC(=O)[C@@H](C)N(Cc1ccc(Br)cc1)C(=O)CCSCc1ccccc1. The van der Waals surface area contributed by atoms with E-state index in [1.54, 1.807) is 23.6 Å². The van der Waals surface area contributed by atoms with Gasteiger partial charge in [-0.2, -0.15) is 11.8 Å². The number of carbonyl (C=O) groups is 2. The molecule has 2 rings (SSSR count). The Kier molecular flexibility index (Phi) is 9.58. The van der Waals surface area contributed by atoms with Crippen LogP contribution in [0.2, 0.25) is 0 Å². The molecule has 4 nitrogen and oxygen atoms in total. The van der Waals surface area contributed by atoms with Gasteiger partial charge in [-0.1, -0.05) is 58.4 Å². The molecule has 28 heavy (non-hydrogen) atoms. The molecule has 0 unspecified atom stereocenters. The lowest BCUT2D eigenvalue weighted by molar-refractivity contribution is -0.140. The van der Waals surface area contributed by atoms with E-state index < -0.39 is 6.04 Å². The number of halogens is 1. The molecule has 0 heterocycles. The van der Waals surface area contributed by atoms with Crippen LogP contribution in [0.1, 0.15) is 31.4 Å². The van der Waals surface area contributed by atoms with Gasteiger partial charge >= 0.3 is 0 Å². The Labute approximate surface area is 180 Å². The molecule has 0 saturated carbocycles. The predicted molar refractivity (Wildman–Crippen MR) is 120 cm³/mol. The second-order valence-corrected chi connectivity index (χ2v) is 8.53. The summed E-state index contributed by atoms with van der Waals surface area (Å²) < 4.78 is 0.989.